The molecule has 0 unspecified atom stereocenters. The second-order valence-electron chi connectivity index (χ2n) is 6.83. The molecule has 0 aromatic carbocycles. The second kappa shape index (κ2) is 3.52. The van der Waals surface area contributed by atoms with Crippen molar-refractivity contribution < 1.29 is 23.8 Å². The normalized spacial score (nSPS) is 35.6. The highest BCUT2D eigenvalue weighted by Crippen LogP contribution is 2.54. The first kappa shape index (κ1) is 14.3. The van der Waals surface area contributed by atoms with Gasteiger partial charge in [0, 0.05) is 0 Å². The van der Waals surface area contributed by atoms with Crippen LogP contribution in [0.25, 0.3) is 0 Å². The summed E-state index contributed by atoms with van der Waals surface area (Å²) in [5, 5.41) is 0. The monoisotopic (exact) mass is 270 g/mol. The average Bonchev–Trinajstić information content (AvgIpc) is 2.28. The van der Waals surface area contributed by atoms with Crippen LogP contribution in [-0.4, -0.2) is 23.0 Å². The van der Waals surface area contributed by atoms with E-state index in [0.29, 0.717) is 0 Å². The van der Waals surface area contributed by atoms with Gasteiger partial charge in [0.1, 0.15) is 5.60 Å². The number of carbonyl (C=O) groups is 2. The number of halogens is 1. The molecule has 0 aromatic rings. The van der Waals surface area contributed by atoms with Crippen molar-refractivity contribution in [3.8, 4) is 0 Å². The molecule has 1 fully saturated rings. The average molecular weight is 270 g/mol. The largest absolute Gasteiger partial charge is 0.298 e. The summed E-state index contributed by atoms with van der Waals surface area (Å²) in [5.41, 5.74) is -3.79. The minimum absolute atomic E-state index is 0.127. The lowest BCUT2D eigenvalue weighted by molar-refractivity contribution is -0.443. The number of rotatable bonds is 0. The number of carbonyl (C=O) groups excluding carboxylic acids is 2. The SMILES string of the molecule is CC1(C)C=C2C(=O)C(C)(C)C(=O)C(C)(C)[C@]2(F)OO1. The van der Waals surface area contributed by atoms with Crippen LogP contribution >= 0.6 is 0 Å². The van der Waals surface area contributed by atoms with E-state index in [2.05, 4.69) is 0 Å². The van der Waals surface area contributed by atoms with E-state index in [1.54, 1.807) is 13.8 Å². The van der Waals surface area contributed by atoms with Crippen LogP contribution in [0.5, 0.6) is 0 Å². The number of ketones is 2. The maximum absolute atomic E-state index is 15.1. The highest BCUT2D eigenvalue weighted by molar-refractivity contribution is 6.19. The molecule has 5 heteroatoms. The molecular formula is C14H19FO4. The van der Waals surface area contributed by atoms with Crippen molar-refractivity contribution in [1.29, 1.82) is 0 Å². The predicted octanol–water partition coefficient (Wildman–Crippen LogP) is 2.52. The maximum Gasteiger partial charge on any atom is 0.281 e. The highest BCUT2D eigenvalue weighted by Gasteiger charge is 2.68. The van der Waals surface area contributed by atoms with Crippen LogP contribution in [0, 0.1) is 10.8 Å². The zero-order valence-corrected chi connectivity index (χ0v) is 12.1. The summed E-state index contributed by atoms with van der Waals surface area (Å²) in [7, 11) is 0. The quantitative estimate of drug-likeness (QED) is 0.501. The third kappa shape index (κ3) is 1.64. The first-order valence-electron chi connectivity index (χ1n) is 6.25. The van der Waals surface area contributed by atoms with Crippen LogP contribution in [0.4, 0.5) is 4.39 Å². The number of Topliss-reactive ketones (excluding diaryl/α,β-unsaturated/α-hetero) is 2. The van der Waals surface area contributed by atoms with Crippen LogP contribution in [0.15, 0.2) is 11.6 Å². The molecule has 0 N–H and O–H groups in total. The summed E-state index contributed by atoms with van der Waals surface area (Å²) in [6.07, 6.45) is 1.41. The molecule has 0 spiro atoms. The van der Waals surface area contributed by atoms with Crippen LogP contribution < -0.4 is 0 Å². The van der Waals surface area contributed by atoms with Gasteiger partial charge >= 0.3 is 0 Å². The smallest absolute Gasteiger partial charge is 0.281 e. The molecule has 1 atom stereocenters. The Morgan fingerprint density at radius 2 is 1.53 bits per heavy atom. The Labute approximate surface area is 111 Å². The molecule has 19 heavy (non-hydrogen) atoms. The Balaban J connectivity index is 2.71. The molecule has 1 heterocycles. The summed E-state index contributed by atoms with van der Waals surface area (Å²) in [6, 6.07) is 0. The van der Waals surface area contributed by atoms with E-state index in [4.69, 9.17) is 9.78 Å². The maximum atomic E-state index is 15.1. The Hall–Kier alpha value is -1.07. The molecule has 0 saturated heterocycles. The molecule has 0 bridgehead atoms. The van der Waals surface area contributed by atoms with Crippen molar-refractivity contribution >= 4 is 11.6 Å². The molecule has 2 rings (SSSR count). The van der Waals surface area contributed by atoms with Gasteiger partial charge in [0.15, 0.2) is 11.6 Å². The van der Waals surface area contributed by atoms with E-state index in [1.807, 2.05) is 0 Å². The number of fused-ring (bicyclic) bond motifs is 1. The second-order valence-corrected chi connectivity index (χ2v) is 6.83. The van der Waals surface area contributed by atoms with Crippen LogP contribution in [0.1, 0.15) is 41.5 Å². The predicted molar refractivity (Wildman–Crippen MR) is 65.7 cm³/mol. The van der Waals surface area contributed by atoms with Crippen molar-refractivity contribution in [3.63, 3.8) is 0 Å². The van der Waals surface area contributed by atoms with Gasteiger partial charge in [-0.3, -0.25) is 9.59 Å². The molecule has 0 amide bonds. The van der Waals surface area contributed by atoms with Gasteiger partial charge in [0.25, 0.3) is 5.85 Å². The minimum atomic E-state index is -2.54. The number of alkyl halides is 1. The van der Waals surface area contributed by atoms with Gasteiger partial charge in [-0.2, -0.15) is 4.89 Å². The van der Waals surface area contributed by atoms with E-state index < -0.39 is 33.9 Å². The van der Waals surface area contributed by atoms with Crippen molar-refractivity contribution in [2.24, 2.45) is 10.8 Å². The third-order valence-electron chi connectivity index (χ3n) is 3.96. The molecule has 2 aliphatic rings. The van der Waals surface area contributed by atoms with Gasteiger partial charge in [-0.05, 0) is 47.6 Å². The van der Waals surface area contributed by atoms with Gasteiger partial charge in [0.2, 0.25) is 0 Å². The Kier molecular flexibility index (Phi) is 2.66. The molecule has 1 saturated carbocycles. The lowest BCUT2D eigenvalue weighted by atomic mass is 9.58. The molecule has 0 radical (unpaired) electrons. The minimum Gasteiger partial charge on any atom is -0.298 e. The lowest BCUT2D eigenvalue weighted by Gasteiger charge is -2.50. The summed E-state index contributed by atoms with van der Waals surface area (Å²) in [5.74, 6) is -3.57. The summed E-state index contributed by atoms with van der Waals surface area (Å²) in [4.78, 5) is 34.6. The van der Waals surface area contributed by atoms with Gasteiger partial charge in [0.05, 0.1) is 16.4 Å². The van der Waals surface area contributed by atoms with E-state index in [1.165, 1.54) is 33.8 Å². The third-order valence-corrected chi connectivity index (χ3v) is 3.96. The van der Waals surface area contributed by atoms with Gasteiger partial charge in [-0.25, -0.2) is 9.28 Å². The number of hydrogen-bond donors (Lipinski definition) is 0. The fourth-order valence-corrected chi connectivity index (χ4v) is 2.69. The number of hydrogen-bond acceptors (Lipinski definition) is 4. The lowest BCUT2D eigenvalue weighted by Crippen LogP contribution is -2.64. The highest BCUT2D eigenvalue weighted by atomic mass is 19.2. The van der Waals surface area contributed by atoms with Crippen LogP contribution in [0.2, 0.25) is 0 Å². The molecule has 4 nitrogen and oxygen atoms in total. The van der Waals surface area contributed by atoms with Crippen molar-refractivity contribution in [2.75, 3.05) is 0 Å². The fraction of sp³-hybridized carbons (Fsp3) is 0.714. The first-order chi connectivity index (χ1) is 8.36. The Morgan fingerprint density at radius 1 is 1.00 bits per heavy atom. The summed E-state index contributed by atoms with van der Waals surface area (Å²) < 4.78 is 15.1. The summed E-state index contributed by atoms with van der Waals surface area (Å²) >= 11 is 0. The van der Waals surface area contributed by atoms with E-state index >= 15 is 4.39 Å². The van der Waals surface area contributed by atoms with Crippen LogP contribution in [-0.2, 0) is 19.4 Å². The Bertz CT molecular complexity index is 502. The molecule has 106 valence electrons. The van der Waals surface area contributed by atoms with Crippen molar-refractivity contribution in [2.45, 2.75) is 53.0 Å². The zero-order valence-electron chi connectivity index (χ0n) is 12.1. The molecule has 0 aromatic heterocycles. The first-order valence-corrected chi connectivity index (χ1v) is 6.25. The zero-order chi connectivity index (χ0) is 14.9. The van der Waals surface area contributed by atoms with E-state index in [0.717, 1.165) is 0 Å². The Morgan fingerprint density at radius 3 is 2.05 bits per heavy atom. The van der Waals surface area contributed by atoms with E-state index in [-0.39, 0.29) is 5.57 Å². The molecule has 1 aliphatic heterocycles. The van der Waals surface area contributed by atoms with Gasteiger partial charge in [-0.1, -0.05) is 0 Å². The topological polar surface area (TPSA) is 52.6 Å². The fourth-order valence-electron chi connectivity index (χ4n) is 2.69. The summed E-state index contributed by atoms with van der Waals surface area (Å²) in [6.45, 7) is 9.20. The molecule has 1 aliphatic carbocycles. The molecular weight excluding hydrogens is 251 g/mol. The van der Waals surface area contributed by atoms with Crippen LogP contribution in [0.3, 0.4) is 0 Å². The van der Waals surface area contributed by atoms with Crippen molar-refractivity contribution in [3.05, 3.63) is 11.6 Å². The van der Waals surface area contributed by atoms with Gasteiger partial charge < -0.3 is 0 Å². The standard InChI is InChI=1S/C14H19FO4/c1-11(2)7-8-9(16)12(3,4)10(17)13(5,6)14(8,15)19-18-11/h7H,1-6H3/t14-/m1/s1. The van der Waals surface area contributed by atoms with E-state index in [9.17, 15) is 9.59 Å². The van der Waals surface area contributed by atoms with Crippen molar-refractivity contribution in [1.82, 2.24) is 0 Å². The van der Waals surface area contributed by atoms with Gasteiger partial charge in [-0.15, -0.1) is 0 Å².